The minimum absolute atomic E-state index is 0. The predicted molar refractivity (Wildman–Crippen MR) is 128 cm³/mol. The Morgan fingerprint density at radius 1 is 1.16 bits per heavy atom. The van der Waals surface area contributed by atoms with Gasteiger partial charge >= 0.3 is 0 Å². The molecule has 0 spiro atoms. The van der Waals surface area contributed by atoms with E-state index in [0.717, 1.165) is 67.2 Å². The molecule has 166 valence electrons. The minimum Gasteiger partial charge on any atom is -0.497 e. The Balaban J connectivity index is 0.00000272. The van der Waals surface area contributed by atoms with Crippen LogP contribution in [0.5, 0.6) is 5.75 Å². The van der Waals surface area contributed by atoms with Crippen LogP contribution in [0.3, 0.4) is 0 Å². The van der Waals surface area contributed by atoms with E-state index in [1.807, 2.05) is 25.1 Å². The molecule has 0 saturated carbocycles. The molecule has 1 aromatic heterocycles. The Kier molecular flexibility index (Phi) is 7.89. The van der Waals surface area contributed by atoms with Crippen molar-refractivity contribution in [2.75, 3.05) is 40.0 Å². The summed E-state index contributed by atoms with van der Waals surface area (Å²) in [6.07, 6.45) is 0.832. The Hall–Kier alpha value is -1.76. The number of carbonyl (C=O) groups excluding carboxylic acids is 1. The number of hydrogen-bond donors (Lipinski definition) is 0. The first-order chi connectivity index (χ1) is 14.5. The maximum atomic E-state index is 13.5. The van der Waals surface area contributed by atoms with Gasteiger partial charge in [0.2, 0.25) is 0 Å². The van der Waals surface area contributed by atoms with E-state index in [2.05, 4.69) is 4.90 Å². The minimum atomic E-state index is -0.187. The average Bonchev–Trinajstić information content (AvgIpc) is 3.04. The normalized spacial score (nSPS) is 14.5. The van der Waals surface area contributed by atoms with Crippen molar-refractivity contribution in [1.82, 2.24) is 9.47 Å². The fourth-order valence-electron chi connectivity index (χ4n) is 4.05. The van der Waals surface area contributed by atoms with Gasteiger partial charge in [0, 0.05) is 30.7 Å². The van der Waals surface area contributed by atoms with Crippen molar-refractivity contribution in [1.29, 1.82) is 0 Å². The lowest BCUT2D eigenvalue weighted by molar-refractivity contribution is 0.0384. The highest BCUT2D eigenvalue weighted by atomic mass is 35.5. The van der Waals surface area contributed by atoms with Crippen molar-refractivity contribution < 1.29 is 14.3 Å². The number of methoxy groups -OCH3 is 1. The van der Waals surface area contributed by atoms with Crippen LogP contribution < -0.4 is 4.74 Å². The summed E-state index contributed by atoms with van der Waals surface area (Å²) in [5.74, 6) is 0.577. The maximum absolute atomic E-state index is 13.5. The summed E-state index contributed by atoms with van der Waals surface area (Å²) in [6.45, 7) is 6.28. The first-order valence-corrected chi connectivity index (χ1v) is 10.7. The van der Waals surface area contributed by atoms with Crippen LogP contribution in [0.4, 0.5) is 0 Å². The molecule has 1 aliphatic heterocycles. The van der Waals surface area contributed by atoms with Crippen molar-refractivity contribution in [2.24, 2.45) is 0 Å². The van der Waals surface area contributed by atoms with Crippen LogP contribution in [0, 0.1) is 6.92 Å². The molecule has 2 heterocycles. The standard InChI is InChI=1S/C23H24Cl2N2O3.ClH/c1-15-17(8-9-26-10-12-30-13-11-26)19-14-16(29-2)6-7-21(19)27(15)23(28)18-4-3-5-20(24)22(18)25;/h3-7,14H,8-13H2,1-2H3;1H. The zero-order valence-corrected chi connectivity index (χ0v) is 19.8. The second-order valence-corrected chi connectivity index (χ2v) is 8.18. The number of hydrogen-bond acceptors (Lipinski definition) is 4. The molecule has 31 heavy (non-hydrogen) atoms. The van der Waals surface area contributed by atoms with E-state index in [9.17, 15) is 4.79 Å². The molecule has 1 aliphatic rings. The molecular formula is C23H25Cl3N2O3. The number of rotatable bonds is 5. The van der Waals surface area contributed by atoms with Crippen molar-refractivity contribution in [2.45, 2.75) is 13.3 Å². The second-order valence-electron chi connectivity index (χ2n) is 7.39. The molecule has 1 saturated heterocycles. The lowest BCUT2D eigenvalue weighted by Gasteiger charge is -2.26. The zero-order valence-electron chi connectivity index (χ0n) is 17.5. The summed E-state index contributed by atoms with van der Waals surface area (Å²) in [6, 6.07) is 10.9. The SMILES string of the molecule is COc1ccc2c(c1)c(CCN1CCOCC1)c(C)n2C(=O)c1cccc(Cl)c1Cl.Cl. The number of halogens is 3. The number of benzene rings is 2. The molecule has 0 N–H and O–H groups in total. The lowest BCUT2D eigenvalue weighted by atomic mass is 10.1. The molecule has 0 aliphatic carbocycles. The van der Waals surface area contributed by atoms with E-state index in [4.69, 9.17) is 32.7 Å². The molecule has 1 fully saturated rings. The van der Waals surface area contributed by atoms with Crippen molar-refractivity contribution in [3.63, 3.8) is 0 Å². The zero-order chi connectivity index (χ0) is 21.3. The number of aromatic nitrogens is 1. The lowest BCUT2D eigenvalue weighted by Crippen LogP contribution is -2.37. The quantitative estimate of drug-likeness (QED) is 0.497. The fraction of sp³-hybridized carbons (Fsp3) is 0.348. The van der Waals surface area contributed by atoms with Crippen molar-refractivity contribution in [3.05, 3.63) is 63.3 Å². The summed E-state index contributed by atoms with van der Waals surface area (Å²) < 4.78 is 12.6. The molecule has 2 aromatic carbocycles. The maximum Gasteiger partial charge on any atom is 0.264 e. The number of morpholine rings is 1. The summed E-state index contributed by atoms with van der Waals surface area (Å²) in [5, 5.41) is 1.66. The summed E-state index contributed by atoms with van der Waals surface area (Å²) >= 11 is 12.5. The predicted octanol–water partition coefficient (Wildman–Crippen LogP) is 5.25. The smallest absolute Gasteiger partial charge is 0.264 e. The van der Waals surface area contributed by atoms with Crippen LogP contribution in [0.25, 0.3) is 10.9 Å². The van der Waals surface area contributed by atoms with Gasteiger partial charge < -0.3 is 9.47 Å². The highest BCUT2D eigenvalue weighted by Gasteiger charge is 2.23. The molecule has 0 amide bonds. The van der Waals surface area contributed by atoms with Crippen molar-refractivity contribution >= 4 is 52.4 Å². The molecule has 0 radical (unpaired) electrons. The second kappa shape index (κ2) is 10.2. The van der Waals surface area contributed by atoms with Gasteiger partial charge in [-0.25, -0.2) is 0 Å². The van der Waals surface area contributed by atoms with Gasteiger partial charge in [0.15, 0.2) is 0 Å². The highest BCUT2D eigenvalue weighted by Crippen LogP contribution is 2.33. The largest absolute Gasteiger partial charge is 0.497 e. The molecule has 4 rings (SSSR count). The molecular weight excluding hydrogens is 459 g/mol. The topological polar surface area (TPSA) is 43.7 Å². The molecule has 8 heteroatoms. The Morgan fingerprint density at radius 2 is 1.90 bits per heavy atom. The molecule has 0 unspecified atom stereocenters. The van der Waals surface area contributed by atoms with Gasteiger partial charge in [-0.05, 0) is 49.2 Å². The molecule has 5 nitrogen and oxygen atoms in total. The molecule has 3 aromatic rings. The van der Waals surface area contributed by atoms with Crippen LogP contribution in [0.2, 0.25) is 10.0 Å². The summed E-state index contributed by atoms with van der Waals surface area (Å²) in [5.41, 5.74) is 3.28. The third-order valence-corrected chi connectivity index (χ3v) is 6.53. The van der Waals surface area contributed by atoms with Gasteiger partial charge in [0.1, 0.15) is 5.75 Å². The van der Waals surface area contributed by atoms with Crippen molar-refractivity contribution in [3.8, 4) is 5.75 Å². The van der Waals surface area contributed by atoms with E-state index >= 15 is 0 Å². The Labute approximate surface area is 198 Å². The number of ether oxygens (including phenoxy) is 2. The van der Waals surface area contributed by atoms with Crippen LogP contribution >= 0.6 is 35.6 Å². The first-order valence-electron chi connectivity index (χ1n) is 9.98. The van der Waals surface area contributed by atoms with Gasteiger partial charge in [-0.2, -0.15) is 0 Å². The van der Waals surface area contributed by atoms with Gasteiger partial charge in [0.25, 0.3) is 5.91 Å². The molecule has 0 bridgehead atoms. The average molecular weight is 484 g/mol. The van der Waals surface area contributed by atoms with E-state index in [1.165, 1.54) is 0 Å². The third-order valence-electron chi connectivity index (χ3n) is 5.71. The first kappa shape index (κ1) is 23.9. The third kappa shape index (κ3) is 4.71. The number of nitrogens with zero attached hydrogens (tertiary/aromatic N) is 2. The fourth-order valence-corrected chi connectivity index (χ4v) is 4.43. The Morgan fingerprint density at radius 3 is 2.61 bits per heavy atom. The highest BCUT2D eigenvalue weighted by molar-refractivity contribution is 6.44. The van der Waals surface area contributed by atoms with Gasteiger partial charge in [0.05, 0.1) is 41.4 Å². The van der Waals surface area contributed by atoms with Crippen LogP contribution in [0.1, 0.15) is 21.6 Å². The van der Waals surface area contributed by atoms with E-state index < -0.39 is 0 Å². The Bertz CT molecular complexity index is 1090. The molecule has 0 atom stereocenters. The summed E-state index contributed by atoms with van der Waals surface area (Å²) in [7, 11) is 1.65. The monoisotopic (exact) mass is 482 g/mol. The van der Waals surface area contributed by atoms with Gasteiger partial charge in [-0.3, -0.25) is 14.3 Å². The van der Waals surface area contributed by atoms with E-state index in [0.29, 0.717) is 10.6 Å². The number of carbonyl (C=O) groups is 1. The van der Waals surface area contributed by atoms with Gasteiger partial charge in [-0.1, -0.05) is 29.3 Å². The van der Waals surface area contributed by atoms with Gasteiger partial charge in [-0.15, -0.1) is 12.4 Å². The van der Waals surface area contributed by atoms with Crippen LogP contribution in [-0.2, 0) is 11.2 Å². The van der Waals surface area contributed by atoms with E-state index in [1.54, 1.807) is 29.9 Å². The number of fused-ring (bicyclic) bond motifs is 1. The van der Waals surface area contributed by atoms with Crippen LogP contribution in [0.15, 0.2) is 36.4 Å². The van der Waals surface area contributed by atoms with Crippen LogP contribution in [-0.4, -0.2) is 55.3 Å². The van der Waals surface area contributed by atoms with E-state index in [-0.39, 0.29) is 23.3 Å². The summed E-state index contributed by atoms with van der Waals surface area (Å²) in [4.78, 5) is 15.9.